The molecule has 0 bridgehead atoms. The number of para-hydroxylation sites is 2. The van der Waals surface area contributed by atoms with Gasteiger partial charge in [0, 0.05) is 35.0 Å². The highest BCUT2D eigenvalue weighted by Gasteiger charge is 2.12. The van der Waals surface area contributed by atoms with E-state index >= 15 is 0 Å². The predicted molar refractivity (Wildman–Crippen MR) is 168 cm³/mol. The number of carboxylic acids is 1. The Morgan fingerprint density at radius 2 is 1.09 bits per heavy atom. The predicted octanol–water partition coefficient (Wildman–Crippen LogP) is 7.94. The zero-order valence-corrected chi connectivity index (χ0v) is 23.1. The van der Waals surface area contributed by atoms with Crippen LogP contribution in [0.5, 0.6) is 11.5 Å². The van der Waals surface area contributed by atoms with Gasteiger partial charge in [-0.3, -0.25) is 9.97 Å². The van der Waals surface area contributed by atoms with Gasteiger partial charge in [-0.25, -0.2) is 0 Å². The first kappa shape index (κ1) is 27.2. The summed E-state index contributed by atoms with van der Waals surface area (Å²) in [5, 5.41) is 11.2. The number of hydrogen-bond acceptors (Lipinski definition) is 6. The van der Waals surface area contributed by atoms with Crippen LogP contribution in [-0.2, 0) is 0 Å². The van der Waals surface area contributed by atoms with Gasteiger partial charge in [0.15, 0.2) is 0 Å². The van der Waals surface area contributed by atoms with E-state index in [-0.39, 0.29) is 5.56 Å². The van der Waals surface area contributed by atoms with Crippen molar-refractivity contribution in [2.24, 2.45) is 0 Å². The summed E-state index contributed by atoms with van der Waals surface area (Å²) in [7, 11) is 0. The maximum absolute atomic E-state index is 11.2. The van der Waals surface area contributed by atoms with Gasteiger partial charge >= 0.3 is 0 Å². The topological polar surface area (TPSA) is 78.4 Å². The molecule has 0 aliphatic rings. The highest BCUT2D eigenvalue weighted by atomic mass is 16.5. The summed E-state index contributed by atoms with van der Waals surface area (Å²) >= 11 is 0. The van der Waals surface area contributed by atoms with Gasteiger partial charge in [-0.15, -0.1) is 0 Å². The van der Waals surface area contributed by atoms with Gasteiger partial charge < -0.3 is 19.5 Å². The van der Waals surface area contributed by atoms with E-state index in [1.54, 1.807) is 6.20 Å². The van der Waals surface area contributed by atoms with Gasteiger partial charge in [0.05, 0.1) is 17.4 Å². The molecule has 0 aliphatic heterocycles. The van der Waals surface area contributed by atoms with E-state index in [1.807, 2.05) is 97.1 Å². The van der Waals surface area contributed by atoms with Crippen LogP contribution >= 0.6 is 0 Å². The molecule has 6 rings (SSSR count). The van der Waals surface area contributed by atoms with Crippen molar-refractivity contribution < 1.29 is 14.6 Å². The fourth-order valence-corrected chi connectivity index (χ4v) is 4.63. The lowest BCUT2D eigenvalue weighted by Crippen LogP contribution is -2.22. The van der Waals surface area contributed by atoms with Gasteiger partial charge in [0.1, 0.15) is 11.5 Å². The van der Waals surface area contributed by atoms with Crippen molar-refractivity contribution in [3.8, 4) is 22.9 Å². The standard InChI is InChI=1S/C37H27N3O3/c41-37(42)29-22-24-39-36(26-29)35-25-28(21-23-38-35)12-11-27-13-17-33(18-14-27)43-34-19-15-32(16-20-34)40(30-7-3-1-4-8-30)31-9-5-2-6-10-31/h1-26H,(H,41,42)/p-1/b12-11+. The molecule has 0 saturated carbocycles. The quantitative estimate of drug-likeness (QED) is 0.179. The van der Waals surface area contributed by atoms with Crippen molar-refractivity contribution in [2.45, 2.75) is 0 Å². The third-order valence-electron chi connectivity index (χ3n) is 6.75. The lowest BCUT2D eigenvalue weighted by atomic mass is 10.1. The zero-order chi connectivity index (χ0) is 29.4. The Kier molecular flexibility index (Phi) is 8.00. The lowest BCUT2D eigenvalue weighted by molar-refractivity contribution is -0.255. The number of pyridine rings is 2. The number of anilines is 3. The monoisotopic (exact) mass is 560 g/mol. The van der Waals surface area contributed by atoms with Gasteiger partial charge in [0.2, 0.25) is 0 Å². The minimum atomic E-state index is -1.25. The molecule has 6 heteroatoms. The Morgan fingerprint density at radius 1 is 0.581 bits per heavy atom. The van der Waals surface area contributed by atoms with E-state index in [0.29, 0.717) is 11.4 Å². The summed E-state index contributed by atoms with van der Waals surface area (Å²) in [6.45, 7) is 0. The van der Waals surface area contributed by atoms with Crippen molar-refractivity contribution in [1.82, 2.24) is 9.97 Å². The van der Waals surface area contributed by atoms with Gasteiger partial charge in [-0.1, -0.05) is 60.7 Å². The molecule has 0 unspecified atom stereocenters. The molecule has 208 valence electrons. The van der Waals surface area contributed by atoms with E-state index in [9.17, 15) is 9.90 Å². The highest BCUT2D eigenvalue weighted by Crippen LogP contribution is 2.35. The fourth-order valence-electron chi connectivity index (χ4n) is 4.63. The molecule has 0 saturated heterocycles. The minimum absolute atomic E-state index is 0.0624. The fraction of sp³-hybridized carbons (Fsp3) is 0. The number of aromatic carboxylic acids is 1. The van der Waals surface area contributed by atoms with Gasteiger partial charge in [0.25, 0.3) is 0 Å². The van der Waals surface area contributed by atoms with Crippen LogP contribution in [0.2, 0.25) is 0 Å². The second kappa shape index (κ2) is 12.7. The van der Waals surface area contributed by atoms with Crippen molar-refractivity contribution in [2.75, 3.05) is 4.90 Å². The van der Waals surface area contributed by atoms with Crippen LogP contribution in [0.15, 0.2) is 146 Å². The smallest absolute Gasteiger partial charge is 0.127 e. The molecule has 0 amide bonds. The normalized spacial score (nSPS) is 10.9. The molecule has 2 heterocycles. The maximum Gasteiger partial charge on any atom is 0.127 e. The summed E-state index contributed by atoms with van der Waals surface area (Å²) in [5.41, 5.74) is 6.21. The van der Waals surface area contributed by atoms with Crippen LogP contribution in [0.4, 0.5) is 17.1 Å². The number of aromatic nitrogens is 2. The average Bonchev–Trinajstić information content (AvgIpc) is 3.06. The largest absolute Gasteiger partial charge is 0.545 e. The van der Waals surface area contributed by atoms with Crippen LogP contribution in [0.1, 0.15) is 21.5 Å². The van der Waals surface area contributed by atoms with E-state index < -0.39 is 5.97 Å². The Balaban J connectivity index is 1.13. The molecule has 0 atom stereocenters. The second-order valence-corrected chi connectivity index (χ2v) is 9.70. The van der Waals surface area contributed by atoms with Gasteiger partial charge in [-0.05, 0) is 96.1 Å². The summed E-state index contributed by atoms with van der Waals surface area (Å²) < 4.78 is 6.13. The number of hydrogen-bond donors (Lipinski definition) is 0. The molecule has 6 aromatic rings. The number of benzene rings is 4. The SMILES string of the molecule is O=C([O-])c1ccnc(-c2cc(/C=C/c3ccc(Oc4ccc(N(c5ccccc5)c5ccccc5)cc4)cc3)ccn2)c1. The van der Waals surface area contributed by atoms with E-state index in [4.69, 9.17) is 4.74 Å². The molecule has 0 N–H and O–H groups in total. The Bertz CT molecular complexity index is 1810. The minimum Gasteiger partial charge on any atom is -0.545 e. The first-order valence-electron chi connectivity index (χ1n) is 13.7. The van der Waals surface area contributed by atoms with Crippen molar-refractivity contribution in [3.63, 3.8) is 0 Å². The molecule has 0 fully saturated rings. The number of rotatable bonds is 9. The number of ether oxygens (including phenoxy) is 1. The van der Waals surface area contributed by atoms with Crippen molar-refractivity contribution >= 4 is 35.2 Å². The zero-order valence-electron chi connectivity index (χ0n) is 23.1. The van der Waals surface area contributed by atoms with Gasteiger partial charge in [-0.2, -0.15) is 0 Å². The number of carbonyl (C=O) groups excluding carboxylic acids is 1. The van der Waals surface area contributed by atoms with Crippen LogP contribution in [0.3, 0.4) is 0 Å². The molecule has 2 aromatic heterocycles. The Labute approximate surface area is 249 Å². The Hall–Kier alpha value is -6.01. The molecular weight excluding hydrogens is 534 g/mol. The number of nitrogens with zero attached hydrogens (tertiary/aromatic N) is 3. The van der Waals surface area contributed by atoms with Crippen LogP contribution in [0.25, 0.3) is 23.5 Å². The lowest BCUT2D eigenvalue weighted by Gasteiger charge is -2.25. The molecule has 0 radical (unpaired) electrons. The Morgan fingerprint density at radius 3 is 1.70 bits per heavy atom. The third-order valence-corrected chi connectivity index (χ3v) is 6.75. The number of carboxylic acid groups (broad SMARTS) is 1. The second-order valence-electron chi connectivity index (χ2n) is 9.70. The summed E-state index contributed by atoms with van der Waals surface area (Å²) in [6.07, 6.45) is 7.06. The van der Waals surface area contributed by atoms with Crippen LogP contribution < -0.4 is 14.7 Å². The van der Waals surface area contributed by atoms with Crippen molar-refractivity contribution in [1.29, 1.82) is 0 Å². The summed E-state index contributed by atoms with van der Waals surface area (Å²) in [4.78, 5) is 22.0. The van der Waals surface area contributed by atoms with E-state index in [0.717, 1.165) is 39.7 Å². The highest BCUT2D eigenvalue weighted by molar-refractivity contribution is 5.87. The molecule has 43 heavy (non-hydrogen) atoms. The van der Waals surface area contributed by atoms with Crippen LogP contribution in [0, 0.1) is 0 Å². The number of carbonyl (C=O) groups is 1. The van der Waals surface area contributed by atoms with E-state index in [2.05, 4.69) is 51.3 Å². The molecule has 6 nitrogen and oxygen atoms in total. The maximum atomic E-state index is 11.2. The third kappa shape index (κ3) is 6.66. The molecular formula is C37H26N3O3-. The molecule has 0 spiro atoms. The molecule has 4 aromatic carbocycles. The average molecular weight is 561 g/mol. The molecule has 0 aliphatic carbocycles. The summed E-state index contributed by atoms with van der Waals surface area (Å²) in [5.74, 6) is 0.230. The van der Waals surface area contributed by atoms with Crippen molar-refractivity contribution in [3.05, 3.63) is 163 Å². The van der Waals surface area contributed by atoms with E-state index in [1.165, 1.54) is 18.3 Å². The first-order chi connectivity index (χ1) is 21.1. The van der Waals surface area contributed by atoms with Crippen LogP contribution in [-0.4, -0.2) is 15.9 Å². The summed E-state index contributed by atoms with van der Waals surface area (Å²) in [6, 6.07) is 43.0. The first-order valence-corrected chi connectivity index (χ1v) is 13.7.